The minimum absolute atomic E-state index is 0.00409. The molecule has 1 aliphatic heterocycles. The fourth-order valence-corrected chi connectivity index (χ4v) is 4.69. The molecule has 180 valence electrons. The molecule has 0 N–H and O–H groups in total. The summed E-state index contributed by atoms with van der Waals surface area (Å²) < 4.78 is 36.3. The Kier molecular flexibility index (Phi) is 5.80. The molecule has 0 bridgehead atoms. The van der Waals surface area contributed by atoms with E-state index in [2.05, 4.69) is 26.5 Å². The number of ether oxygens (including phenoxy) is 1. The summed E-state index contributed by atoms with van der Waals surface area (Å²) in [4.78, 5) is 10.3. The van der Waals surface area contributed by atoms with E-state index in [0.717, 1.165) is 23.0 Å². The van der Waals surface area contributed by atoms with Crippen LogP contribution in [0, 0.1) is 18.4 Å². The van der Waals surface area contributed by atoms with Gasteiger partial charge in [0.15, 0.2) is 6.19 Å². The zero-order chi connectivity index (χ0) is 24.7. The topological polar surface area (TPSA) is 97.7 Å². The van der Waals surface area contributed by atoms with Crippen molar-refractivity contribution in [2.45, 2.75) is 51.9 Å². The Balaban J connectivity index is 1.57. The Morgan fingerprint density at radius 1 is 1.23 bits per heavy atom. The van der Waals surface area contributed by atoms with Gasteiger partial charge in [-0.3, -0.25) is 9.55 Å². The molecule has 4 heterocycles. The van der Waals surface area contributed by atoms with E-state index in [4.69, 9.17) is 4.74 Å². The van der Waals surface area contributed by atoms with Crippen LogP contribution in [0.25, 0.3) is 22.3 Å². The largest absolute Gasteiger partial charge is 0.482 e. The van der Waals surface area contributed by atoms with E-state index in [0.29, 0.717) is 29.0 Å². The van der Waals surface area contributed by atoms with Gasteiger partial charge in [0.25, 0.3) is 0 Å². The van der Waals surface area contributed by atoms with Crippen molar-refractivity contribution >= 4 is 11.0 Å². The van der Waals surface area contributed by atoms with Crippen molar-refractivity contribution in [3.63, 3.8) is 0 Å². The number of alkyl halides is 2. The van der Waals surface area contributed by atoms with Gasteiger partial charge in [-0.25, -0.2) is 9.67 Å². The van der Waals surface area contributed by atoms with E-state index in [-0.39, 0.29) is 23.3 Å². The Bertz CT molecular complexity index is 1390. The van der Waals surface area contributed by atoms with E-state index in [1.165, 1.54) is 0 Å². The molecule has 4 aromatic rings. The van der Waals surface area contributed by atoms with Crippen LogP contribution in [0.4, 0.5) is 8.78 Å². The molecule has 11 heteroatoms. The van der Waals surface area contributed by atoms with E-state index < -0.39 is 12.7 Å². The predicted octanol–water partition coefficient (Wildman–Crippen LogP) is 4.65. The minimum Gasteiger partial charge on any atom is -0.482 e. The highest BCUT2D eigenvalue weighted by Gasteiger charge is 2.34. The molecule has 0 spiro atoms. The van der Waals surface area contributed by atoms with Crippen LogP contribution in [0.3, 0.4) is 0 Å². The molecule has 1 aromatic carbocycles. The number of pyridine rings is 1. The number of rotatable bonds is 6. The first-order chi connectivity index (χ1) is 16.9. The first-order valence-electron chi connectivity index (χ1n) is 11.3. The smallest absolute Gasteiger partial charge is 0.320 e. The zero-order valence-corrected chi connectivity index (χ0v) is 19.5. The van der Waals surface area contributed by atoms with E-state index in [1.54, 1.807) is 29.3 Å². The summed E-state index contributed by atoms with van der Waals surface area (Å²) in [6.07, 6.45) is 5.29. The highest BCUT2D eigenvalue weighted by atomic mass is 19.3. The fourth-order valence-electron chi connectivity index (χ4n) is 4.69. The average Bonchev–Trinajstić information content (AvgIpc) is 3.56. The zero-order valence-electron chi connectivity index (χ0n) is 19.5. The number of likely N-dealkylation sites (tertiary alicyclic amines) is 1. The van der Waals surface area contributed by atoms with Crippen molar-refractivity contribution in [1.29, 1.82) is 5.26 Å². The van der Waals surface area contributed by atoms with Gasteiger partial charge < -0.3 is 9.64 Å². The molecule has 1 aliphatic rings. The summed E-state index contributed by atoms with van der Waals surface area (Å²) >= 11 is 0. The quantitative estimate of drug-likeness (QED) is 0.372. The summed E-state index contributed by atoms with van der Waals surface area (Å²) in [7, 11) is 0. The standard InChI is InChI=1S/C24H24F2N8O/c1-14-20(7-9-32(14)12-27)34-15(2)22(30-31-34)17-10-19-23(33(13-29-19)24(25)26)21(11-17)35-16(3)18-6-4-5-8-28-18/h4-6,8,10-11,13-14,16,20,24H,7,9H2,1-3H3/t14-,16-,20+/m1/s1. The van der Waals surface area contributed by atoms with Crippen molar-refractivity contribution in [2.24, 2.45) is 0 Å². The SMILES string of the molecule is Cc1c(-c2cc(O[C@H](C)c3ccccn3)c3c(c2)ncn3C(F)F)nnn1[C@H]1CCN(C#N)[C@@H]1C. The van der Waals surface area contributed by atoms with Gasteiger partial charge in [-0.15, -0.1) is 5.10 Å². The van der Waals surface area contributed by atoms with Crippen molar-refractivity contribution in [3.05, 3.63) is 54.2 Å². The third-order valence-corrected chi connectivity index (χ3v) is 6.61. The van der Waals surface area contributed by atoms with Gasteiger partial charge in [-0.05, 0) is 51.5 Å². The summed E-state index contributed by atoms with van der Waals surface area (Å²) in [6.45, 7) is 3.62. The van der Waals surface area contributed by atoms with Crippen molar-refractivity contribution in [2.75, 3.05) is 6.54 Å². The average molecular weight is 479 g/mol. The molecule has 3 atom stereocenters. The molecule has 0 saturated carbocycles. The van der Waals surface area contributed by atoms with Crippen LogP contribution in [-0.4, -0.2) is 47.0 Å². The number of hydrogen-bond acceptors (Lipinski definition) is 7. The van der Waals surface area contributed by atoms with Gasteiger partial charge >= 0.3 is 6.55 Å². The molecule has 0 radical (unpaired) electrons. The van der Waals surface area contributed by atoms with Gasteiger partial charge in [0, 0.05) is 18.3 Å². The molecular weight excluding hydrogens is 454 g/mol. The van der Waals surface area contributed by atoms with Crippen LogP contribution in [0.2, 0.25) is 0 Å². The van der Waals surface area contributed by atoms with Gasteiger partial charge in [0.05, 0.1) is 29.0 Å². The second-order valence-electron chi connectivity index (χ2n) is 8.64. The number of fused-ring (bicyclic) bond motifs is 1. The number of benzene rings is 1. The summed E-state index contributed by atoms with van der Waals surface area (Å²) in [5, 5.41) is 18.1. The first-order valence-corrected chi connectivity index (χ1v) is 11.3. The first kappa shape index (κ1) is 22.7. The second-order valence-corrected chi connectivity index (χ2v) is 8.64. The molecule has 35 heavy (non-hydrogen) atoms. The Labute approximate surface area is 200 Å². The van der Waals surface area contributed by atoms with E-state index in [9.17, 15) is 14.0 Å². The van der Waals surface area contributed by atoms with Gasteiger partial charge in [0.1, 0.15) is 29.4 Å². The normalized spacial score (nSPS) is 18.8. The number of nitriles is 1. The van der Waals surface area contributed by atoms with Gasteiger partial charge in [0.2, 0.25) is 0 Å². The number of aromatic nitrogens is 6. The van der Waals surface area contributed by atoms with Crippen molar-refractivity contribution in [1.82, 2.24) is 34.4 Å². The van der Waals surface area contributed by atoms with Crippen LogP contribution in [0.1, 0.15) is 50.4 Å². The predicted molar refractivity (Wildman–Crippen MR) is 123 cm³/mol. The van der Waals surface area contributed by atoms with Gasteiger partial charge in [-0.2, -0.15) is 14.0 Å². The lowest BCUT2D eigenvalue weighted by Crippen LogP contribution is -2.28. The summed E-state index contributed by atoms with van der Waals surface area (Å²) in [5.41, 5.74) is 3.32. The molecule has 0 aliphatic carbocycles. The number of hydrogen-bond donors (Lipinski definition) is 0. The van der Waals surface area contributed by atoms with Crippen LogP contribution < -0.4 is 4.74 Å². The second kappa shape index (κ2) is 8.94. The van der Waals surface area contributed by atoms with Crippen molar-refractivity contribution < 1.29 is 13.5 Å². The Morgan fingerprint density at radius 3 is 2.74 bits per heavy atom. The maximum absolute atomic E-state index is 13.7. The number of halogens is 2. The molecule has 1 saturated heterocycles. The van der Waals surface area contributed by atoms with Crippen LogP contribution in [-0.2, 0) is 0 Å². The maximum atomic E-state index is 13.7. The highest BCUT2D eigenvalue weighted by molar-refractivity contribution is 5.87. The van der Waals surface area contributed by atoms with Crippen LogP contribution in [0.15, 0.2) is 42.9 Å². The fraction of sp³-hybridized carbons (Fsp3) is 0.375. The maximum Gasteiger partial charge on any atom is 0.320 e. The minimum atomic E-state index is -2.77. The lowest BCUT2D eigenvalue weighted by molar-refractivity contribution is 0.0737. The number of imidazole rings is 1. The summed E-state index contributed by atoms with van der Waals surface area (Å²) in [5.74, 6) is 0.257. The van der Waals surface area contributed by atoms with Crippen molar-refractivity contribution in [3.8, 4) is 23.2 Å². The molecule has 1 fully saturated rings. The third kappa shape index (κ3) is 3.95. The lowest BCUT2D eigenvalue weighted by Gasteiger charge is -2.20. The molecule has 3 aromatic heterocycles. The van der Waals surface area contributed by atoms with Crippen LogP contribution in [0.5, 0.6) is 5.75 Å². The van der Waals surface area contributed by atoms with E-state index >= 15 is 0 Å². The Morgan fingerprint density at radius 2 is 2.06 bits per heavy atom. The van der Waals surface area contributed by atoms with E-state index in [1.807, 2.05) is 37.6 Å². The number of nitrogens with zero attached hydrogens (tertiary/aromatic N) is 8. The molecular formula is C24H24F2N8O. The molecule has 0 amide bonds. The van der Waals surface area contributed by atoms with Gasteiger partial charge in [-0.1, -0.05) is 11.3 Å². The highest BCUT2D eigenvalue weighted by Crippen LogP contribution is 2.37. The molecule has 5 rings (SSSR count). The Hall–Kier alpha value is -4.07. The molecule has 0 unspecified atom stereocenters. The van der Waals surface area contributed by atoms with Crippen LogP contribution >= 0.6 is 0 Å². The monoisotopic (exact) mass is 478 g/mol. The molecule has 9 nitrogen and oxygen atoms in total. The lowest BCUT2D eigenvalue weighted by atomic mass is 10.1. The summed E-state index contributed by atoms with van der Waals surface area (Å²) in [6, 6.07) is 8.88. The third-order valence-electron chi connectivity index (χ3n) is 6.61.